The third-order valence-corrected chi connectivity index (χ3v) is 7.07. The number of hydrogen-bond acceptors (Lipinski definition) is 2. The van der Waals surface area contributed by atoms with Crippen LogP contribution < -0.4 is 0 Å². The van der Waals surface area contributed by atoms with Crippen molar-refractivity contribution in [1.29, 1.82) is 0 Å². The molecule has 0 aliphatic heterocycles. The van der Waals surface area contributed by atoms with Gasteiger partial charge in [-0.25, -0.2) is 0 Å². The molecule has 0 bridgehead atoms. The minimum absolute atomic E-state index is 1.16. The molecule has 0 amide bonds. The Hall–Kier alpha value is 0.100. The van der Waals surface area contributed by atoms with Crippen LogP contribution >= 0.6 is 54.5 Å². The summed E-state index contributed by atoms with van der Waals surface area (Å²) in [6.07, 6.45) is 13.9. The lowest BCUT2D eigenvalue weighted by Crippen LogP contribution is -1.82. The Bertz CT molecular complexity index is 596. The van der Waals surface area contributed by atoms with Crippen molar-refractivity contribution in [3.63, 3.8) is 0 Å². The van der Waals surface area contributed by atoms with Crippen LogP contribution in [0.3, 0.4) is 0 Å². The van der Waals surface area contributed by atoms with Gasteiger partial charge in [0.05, 0.1) is 7.57 Å². The Balaban J connectivity index is 1.78. The van der Waals surface area contributed by atoms with E-state index in [0.29, 0.717) is 0 Å². The van der Waals surface area contributed by atoms with E-state index in [1.165, 1.54) is 64.0 Å². The molecule has 120 valence electrons. The van der Waals surface area contributed by atoms with Gasteiger partial charge >= 0.3 is 0 Å². The zero-order chi connectivity index (χ0) is 15.8. The molecule has 2 rings (SSSR count). The van der Waals surface area contributed by atoms with Crippen molar-refractivity contribution in [2.24, 2.45) is 0 Å². The molecule has 0 unspecified atom stereocenters. The Labute approximate surface area is 158 Å². The summed E-state index contributed by atoms with van der Waals surface area (Å²) in [5.74, 6) is 0. The van der Waals surface area contributed by atoms with E-state index in [4.69, 9.17) is 0 Å². The van der Waals surface area contributed by atoms with E-state index in [0.717, 1.165) is 3.79 Å². The number of thiophene rings is 2. The van der Waals surface area contributed by atoms with Crippen molar-refractivity contribution in [2.75, 3.05) is 0 Å². The number of rotatable bonds is 9. The Morgan fingerprint density at radius 1 is 0.955 bits per heavy atom. The molecule has 2 aromatic rings. The van der Waals surface area contributed by atoms with Crippen molar-refractivity contribution >= 4 is 66.7 Å². The van der Waals surface area contributed by atoms with Gasteiger partial charge < -0.3 is 0 Å². The first-order valence-electron chi connectivity index (χ1n) is 7.90. The van der Waals surface area contributed by atoms with E-state index in [9.17, 15) is 0 Å². The molecule has 0 fully saturated rings. The molecule has 2 aromatic heterocycles. The lowest BCUT2D eigenvalue weighted by atomic mass is 10.1. The molecule has 0 radical (unpaired) electrons. The fourth-order valence-corrected chi connectivity index (χ4v) is 6.05. The summed E-state index contributed by atoms with van der Waals surface area (Å²) in [7, 11) is 0. The molecule has 2 heterocycles. The maximum Gasteiger partial charge on any atom is 0.0782 e. The fourth-order valence-electron chi connectivity index (χ4n) is 2.34. The second kappa shape index (κ2) is 10.1. The van der Waals surface area contributed by atoms with E-state index < -0.39 is 0 Å². The molecule has 0 aliphatic rings. The molecule has 4 heteroatoms. The first-order chi connectivity index (χ1) is 10.7. The average Bonchev–Trinajstić information content (AvgIpc) is 3.07. The van der Waals surface area contributed by atoms with Gasteiger partial charge in [0, 0.05) is 15.3 Å². The highest BCUT2D eigenvalue weighted by Crippen LogP contribution is 2.33. The van der Waals surface area contributed by atoms with Crippen molar-refractivity contribution in [1.82, 2.24) is 0 Å². The monoisotopic (exact) mass is 460 g/mol. The molecule has 0 aromatic carbocycles. The van der Waals surface area contributed by atoms with Gasteiger partial charge in [-0.15, -0.1) is 22.7 Å². The maximum atomic E-state index is 3.60. The first-order valence-corrected chi connectivity index (χ1v) is 11.1. The standard InChI is InChI=1S/C18H22Br2S2/c1-2-3-4-5-6-7-8-15-11-12-16(21-15)10-9-14-13-17(19)22-18(14)20/h9-13H,2-8H2,1H3/b10-9+. The van der Waals surface area contributed by atoms with E-state index in [2.05, 4.69) is 69.1 Å². The van der Waals surface area contributed by atoms with Crippen LogP contribution in [0.25, 0.3) is 12.2 Å². The van der Waals surface area contributed by atoms with Gasteiger partial charge in [0.15, 0.2) is 0 Å². The Kier molecular flexibility index (Phi) is 8.44. The van der Waals surface area contributed by atoms with Gasteiger partial charge in [-0.3, -0.25) is 0 Å². The van der Waals surface area contributed by atoms with Crippen LogP contribution in [-0.2, 0) is 6.42 Å². The number of halogens is 2. The SMILES string of the molecule is CCCCCCCCc1ccc(/C=C/c2cc(Br)sc2Br)s1. The summed E-state index contributed by atoms with van der Waals surface area (Å²) in [5.41, 5.74) is 1.24. The molecular formula is C18H22Br2S2. The lowest BCUT2D eigenvalue weighted by molar-refractivity contribution is 0.609. The second-order valence-electron chi connectivity index (χ2n) is 5.43. The summed E-state index contributed by atoms with van der Waals surface area (Å²) >= 11 is 10.8. The minimum atomic E-state index is 1.16. The van der Waals surface area contributed by atoms with Crippen molar-refractivity contribution in [2.45, 2.75) is 51.9 Å². The fraction of sp³-hybridized carbons (Fsp3) is 0.444. The third kappa shape index (κ3) is 6.31. The van der Waals surface area contributed by atoms with Crippen LogP contribution in [0.5, 0.6) is 0 Å². The van der Waals surface area contributed by atoms with E-state index in [1.54, 1.807) is 11.3 Å². The highest BCUT2D eigenvalue weighted by Gasteiger charge is 2.02. The maximum absolute atomic E-state index is 3.60. The Morgan fingerprint density at radius 3 is 2.45 bits per heavy atom. The van der Waals surface area contributed by atoms with Crippen LogP contribution in [-0.4, -0.2) is 0 Å². The van der Waals surface area contributed by atoms with Gasteiger partial charge in [0.25, 0.3) is 0 Å². The molecule has 22 heavy (non-hydrogen) atoms. The van der Waals surface area contributed by atoms with Gasteiger partial charge in [-0.1, -0.05) is 45.1 Å². The highest BCUT2D eigenvalue weighted by atomic mass is 79.9. The van der Waals surface area contributed by atoms with Gasteiger partial charge in [-0.05, 0) is 69.0 Å². The zero-order valence-corrected chi connectivity index (χ0v) is 17.7. The molecule has 0 N–H and O–H groups in total. The molecular weight excluding hydrogens is 440 g/mol. The van der Waals surface area contributed by atoms with Crippen molar-refractivity contribution < 1.29 is 0 Å². The first kappa shape index (κ1) is 18.4. The number of hydrogen-bond donors (Lipinski definition) is 0. The van der Waals surface area contributed by atoms with Crippen LogP contribution in [0.1, 0.15) is 60.8 Å². The van der Waals surface area contributed by atoms with Crippen LogP contribution in [0.2, 0.25) is 0 Å². The molecule has 0 saturated carbocycles. The topological polar surface area (TPSA) is 0 Å². The summed E-state index contributed by atoms with van der Waals surface area (Å²) in [5, 5.41) is 0. The summed E-state index contributed by atoms with van der Waals surface area (Å²) in [6.45, 7) is 2.27. The van der Waals surface area contributed by atoms with Crippen molar-refractivity contribution in [3.8, 4) is 0 Å². The van der Waals surface area contributed by atoms with E-state index in [-0.39, 0.29) is 0 Å². The van der Waals surface area contributed by atoms with Gasteiger partial charge in [0.2, 0.25) is 0 Å². The summed E-state index contributed by atoms with van der Waals surface area (Å²) < 4.78 is 2.34. The van der Waals surface area contributed by atoms with Crippen LogP contribution in [0.15, 0.2) is 25.8 Å². The highest BCUT2D eigenvalue weighted by molar-refractivity contribution is 9.12. The molecule has 0 saturated heterocycles. The lowest BCUT2D eigenvalue weighted by Gasteiger charge is -1.99. The van der Waals surface area contributed by atoms with Gasteiger partial charge in [-0.2, -0.15) is 0 Å². The number of unbranched alkanes of at least 4 members (excludes halogenated alkanes) is 5. The predicted molar refractivity (Wildman–Crippen MR) is 110 cm³/mol. The largest absolute Gasteiger partial charge is 0.141 e. The zero-order valence-electron chi connectivity index (χ0n) is 12.9. The molecule has 0 aliphatic carbocycles. The van der Waals surface area contributed by atoms with Gasteiger partial charge in [0.1, 0.15) is 0 Å². The van der Waals surface area contributed by atoms with Crippen LogP contribution in [0.4, 0.5) is 0 Å². The smallest absolute Gasteiger partial charge is 0.0782 e. The average molecular weight is 462 g/mol. The third-order valence-electron chi connectivity index (χ3n) is 3.57. The number of aryl methyl sites for hydroxylation is 1. The van der Waals surface area contributed by atoms with Crippen molar-refractivity contribution in [3.05, 3.63) is 41.1 Å². The molecule has 0 atom stereocenters. The molecule has 0 spiro atoms. The van der Waals surface area contributed by atoms with E-state index >= 15 is 0 Å². The normalized spacial score (nSPS) is 11.6. The second-order valence-corrected chi connectivity index (χ2v) is 10.4. The van der Waals surface area contributed by atoms with E-state index in [1.807, 2.05) is 11.3 Å². The Morgan fingerprint density at radius 2 is 1.73 bits per heavy atom. The quantitative estimate of drug-likeness (QED) is 0.328. The predicted octanol–water partition coefficient (Wildman–Crippen LogP) is 8.41. The summed E-state index contributed by atoms with van der Waals surface area (Å²) in [6, 6.07) is 6.67. The van der Waals surface area contributed by atoms with Crippen LogP contribution in [0, 0.1) is 0 Å². The summed E-state index contributed by atoms with van der Waals surface area (Å²) in [4.78, 5) is 2.86. The molecule has 0 nitrogen and oxygen atoms in total. The minimum Gasteiger partial charge on any atom is -0.141 e.